The Morgan fingerprint density at radius 2 is 2.35 bits per heavy atom. The fraction of sp³-hybridized carbons (Fsp3) is 0.500. The lowest BCUT2D eigenvalue weighted by Crippen LogP contribution is -2.29. The minimum Gasteiger partial charge on any atom is -0.464 e. The van der Waals surface area contributed by atoms with Gasteiger partial charge in [-0.25, -0.2) is 4.79 Å². The standard InChI is InChI=1S/C10H16N4O3/c1-17-10(16)8-3-5-13-14(8)6-2-4-12-7-9(11)15/h3,5,12H,2,4,6-7H2,1H3,(H2,11,15). The van der Waals surface area contributed by atoms with Gasteiger partial charge in [0.25, 0.3) is 0 Å². The SMILES string of the molecule is COC(=O)c1ccnn1CCCNCC(N)=O. The van der Waals surface area contributed by atoms with Crippen molar-refractivity contribution in [2.75, 3.05) is 20.2 Å². The number of ether oxygens (including phenoxy) is 1. The number of primary amides is 1. The van der Waals surface area contributed by atoms with Crippen molar-refractivity contribution in [2.45, 2.75) is 13.0 Å². The van der Waals surface area contributed by atoms with Crippen LogP contribution in [0.4, 0.5) is 0 Å². The predicted molar refractivity (Wildman–Crippen MR) is 60.2 cm³/mol. The molecular formula is C10H16N4O3. The van der Waals surface area contributed by atoms with E-state index in [1.54, 1.807) is 16.9 Å². The molecule has 0 atom stereocenters. The molecular weight excluding hydrogens is 224 g/mol. The molecule has 1 heterocycles. The van der Waals surface area contributed by atoms with Gasteiger partial charge in [-0.1, -0.05) is 0 Å². The number of nitrogens with two attached hydrogens (primary N) is 1. The van der Waals surface area contributed by atoms with Crippen LogP contribution in [0.1, 0.15) is 16.9 Å². The van der Waals surface area contributed by atoms with Gasteiger partial charge in [-0.2, -0.15) is 5.10 Å². The second kappa shape index (κ2) is 6.64. The van der Waals surface area contributed by atoms with Crippen LogP contribution < -0.4 is 11.1 Å². The summed E-state index contributed by atoms with van der Waals surface area (Å²) >= 11 is 0. The second-order valence-corrected chi connectivity index (χ2v) is 3.43. The molecule has 7 nitrogen and oxygen atoms in total. The number of amides is 1. The Bertz CT molecular complexity index is 389. The van der Waals surface area contributed by atoms with E-state index in [2.05, 4.69) is 15.2 Å². The second-order valence-electron chi connectivity index (χ2n) is 3.43. The van der Waals surface area contributed by atoms with E-state index in [4.69, 9.17) is 5.73 Å². The zero-order chi connectivity index (χ0) is 12.7. The highest BCUT2D eigenvalue weighted by atomic mass is 16.5. The number of rotatable bonds is 7. The van der Waals surface area contributed by atoms with Crippen molar-refractivity contribution in [1.82, 2.24) is 15.1 Å². The van der Waals surface area contributed by atoms with Gasteiger partial charge in [-0.05, 0) is 19.0 Å². The molecule has 1 rings (SSSR count). The summed E-state index contributed by atoms with van der Waals surface area (Å²) in [5.41, 5.74) is 5.39. The molecule has 0 unspecified atom stereocenters. The van der Waals surface area contributed by atoms with Crippen LogP contribution in [0.25, 0.3) is 0 Å². The van der Waals surface area contributed by atoms with E-state index in [-0.39, 0.29) is 12.5 Å². The molecule has 0 fully saturated rings. The smallest absolute Gasteiger partial charge is 0.356 e. The van der Waals surface area contributed by atoms with Crippen LogP contribution >= 0.6 is 0 Å². The lowest BCUT2D eigenvalue weighted by atomic mass is 10.4. The van der Waals surface area contributed by atoms with Crippen LogP contribution in [-0.4, -0.2) is 41.9 Å². The molecule has 0 aliphatic carbocycles. The third-order valence-corrected chi connectivity index (χ3v) is 2.13. The summed E-state index contributed by atoms with van der Waals surface area (Å²) in [5, 5.41) is 6.89. The maximum absolute atomic E-state index is 11.3. The van der Waals surface area contributed by atoms with Crippen molar-refractivity contribution in [3.63, 3.8) is 0 Å². The molecule has 0 radical (unpaired) electrons. The quantitative estimate of drug-likeness (QED) is 0.477. The first-order chi connectivity index (χ1) is 8.15. The Balaban J connectivity index is 2.34. The van der Waals surface area contributed by atoms with Crippen LogP contribution in [0.3, 0.4) is 0 Å². The Labute approximate surface area is 98.9 Å². The monoisotopic (exact) mass is 240 g/mol. The summed E-state index contributed by atoms with van der Waals surface area (Å²) in [6.07, 6.45) is 2.28. The van der Waals surface area contributed by atoms with Crippen molar-refractivity contribution in [3.05, 3.63) is 18.0 Å². The molecule has 3 N–H and O–H groups in total. The van der Waals surface area contributed by atoms with Crippen LogP contribution in [0.15, 0.2) is 12.3 Å². The minimum atomic E-state index is -0.410. The average molecular weight is 240 g/mol. The van der Waals surface area contributed by atoms with Gasteiger partial charge in [0.15, 0.2) is 0 Å². The average Bonchev–Trinajstić information content (AvgIpc) is 2.75. The number of hydrogen-bond donors (Lipinski definition) is 2. The van der Waals surface area contributed by atoms with Crippen LogP contribution in [0, 0.1) is 0 Å². The fourth-order valence-corrected chi connectivity index (χ4v) is 1.35. The number of aromatic nitrogens is 2. The summed E-state index contributed by atoms with van der Waals surface area (Å²) in [4.78, 5) is 21.8. The molecule has 94 valence electrons. The number of nitrogens with zero attached hydrogens (tertiary/aromatic N) is 2. The zero-order valence-electron chi connectivity index (χ0n) is 9.68. The highest BCUT2D eigenvalue weighted by Crippen LogP contribution is 2.01. The first-order valence-corrected chi connectivity index (χ1v) is 5.24. The van der Waals surface area contributed by atoms with Crippen molar-refractivity contribution < 1.29 is 14.3 Å². The molecule has 0 aliphatic rings. The first-order valence-electron chi connectivity index (χ1n) is 5.24. The van der Waals surface area contributed by atoms with E-state index >= 15 is 0 Å². The molecule has 0 saturated carbocycles. The highest BCUT2D eigenvalue weighted by molar-refractivity contribution is 5.87. The summed E-state index contributed by atoms with van der Waals surface area (Å²) < 4.78 is 6.18. The highest BCUT2D eigenvalue weighted by Gasteiger charge is 2.11. The van der Waals surface area contributed by atoms with Crippen molar-refractivity contribution in [3.8, 4) is 0 Å². The van der Waals surface area contributed by atoms with Gasteiger partial charge >= 0.3 is 5.97 Å². The van der Waals surface area contributed by atoms with Crippen LogP contribution in [-0.2, 0) is 16.1 Å². The third kappa shape index (κ3) is 4.23. The van der Waals surface area contributed by atoms with E-state index in [0.29, 0.717) is 18.8 Å². The first kappa shape index (κ1) is 13.2. The molecule has 0 aliphatic heterocycles. The van der Waals surface area contributed by atoms with Crippen LogP contribution in [0.2, 0.25) is 0 Å². The molecule has 1 aromatic heterocycles. The number of aryl methyl sites for hydroxylation is 1. The van der Waals surface area contributed by atoms with Crippen LogP contribution in [0.5, 0.6) is 0 Å². The Hall–Kier alpha value is -1.89. The van der Waals surface area contributed by atoms with Gasteiger partial charge in [0.2, 0.25) is 5.91 Å². The molecule has 0 saturated heterocycles. The summed E-state index contributed by atoms with van der Waals surface area (Å²) in [5.74, 6) is -0.799. The molecule has 1 amide bonds. The van der Waals surface area contributed by atoms with E-state index in [9.17, 15) is 9.59 Å². The maximum Gasteiger partial charge on any atom is 0.356 e. The van der Waals surface area contributed by atoms with E-state index in [0.717, 1.165) is 6.42 Å². The van der Waals surface area contributed by atoms with Gasteiger partial charge in [-0.3, -0.25) is 9.48 Å². The van der Waals surface area contributed by atoms with E-state index < -0.39 is 5.97 Å². The minimum absolute atomic E-state index is 0.156. The van der Waals surface area contributed by atoms with E-state index in [1.807, 2.05) is 0 Å². The Morgan fingerprint density at radius 1 is 1.59 bits per heavy atom. The normalized spacial score (nSPS) is 10.2. The number of esters is 1. The van der Waals surface area contributed by atoms with Gasteiger partial charge in [0.05, 0.1) is 13.7 Å². The van der Waals surface area contributed by atoms with Crippen molar-refractivity contribution >= 4 is 11.9 Å². The van der Waals surface area contributed by atoms with Crippen molar-refractivity contribution in [2.24, 2.45) is 5.73 Å². The largest absolute Gasteiger partial charge is 0.464 e. The summed E-state index contributed by atoms with van der Waals surface area (Å²) in [7, 11) is 1.33. The van der Waals surface area contributed by atoms with Gasteiger partial charge < -0.3 is 15.8 Å². The molecule has 0 spiro atoms. The fourth-order valence-electron chi connectivity index (χ4n) is 1.35. The number of carbonyl (C=O) groups is 2. The molecule has 0 aromatic carbocycles. The molecule has 17 heavy (non-hydrogen) atoms. The zero-order valence-corrected chi connectivity index (χ0v) is 9.68. The predicted octanol–water partition coefficient (Wildman–Crippen LogP) is -0.865. The third-order valence-electron chi connectivity index (χ3n) is 2.13. The molecule has 7 heteroatoms. The molecule has 1 aromatic rings. The summed E-state index contributed by atoms with van der Waals surface area (Å²) in [6, 6.07) is 1.60. The lowest BCUT2D eigenvalue weighted by molar-refractivity contribution is -0.117. The van der Waals surface area contributed by atoms with Crippen molar-refractivity contribution in [1.29, 1.82) is 0 Å². The molecule has 0 bridgehead atoms. The van der Waals surface area contributed by atoms with E-state index in [1.165, 1.54) is 7.11 Å². The van der Waals surface area contributed by atoms with Gasteiger partial charge in [0, 0.05) is 12.7 Å². The number of methoxy groups -OCH3 is 1. The number of nitrogens with one attached hydrogen (secondary N) is 1. The van der Waals surface area contributed by atoms with Gasteiger partial charge in [0.1, 0.15) is 5.69 Å². The van der Waals surface area contributed by atoms with Gasteiger partial charge in [-0.15, -0.1) is 0 Å². The lowest BCUT2D eigenvalue weighted by Gasteiger charge is -2.06. The number of carbonyl (C=O) groups excluding carboxylic acids is 2. The number of hydrogen-bond acceptors (Lipinski definition) is 5. The summed E-state index contributed by atoms with van der Waals surface area (Å²) in [6.45, 7) is 1.36. The Kier molecular flexibility index (Phi) is 5.15. The Morgan fingerprint density at radius 3 is 3.00 bits per heavy atom. The topological polar surface area (TPSA) is 99.2 Å². The maximum atomic E-state index is 11.3.